The average molecular weight is 207 g/mol. The van der Waals surface area contributed by atoms with Crippen LogP contribution in [-0.2, 0) is 11.3 Å². The van der Waals surface area contributed by atoms with E-state index in [2.05, 4.69) is 17.4 Å². The van der Waals surface area contributed by atoms with Crippen LogP contribution >= 0.6 is 0 Å². The third-order valence-corrected chi connectivity index (χ3v) is 2.73. The van der Waals surface area contributed by atoms with Crippen LogP contribution in [0.5, 0.6) is 0 Å². The molecular weight excluding hydrogens is 190 g/mol. The zero-order chi connectivity index (χ0) is 10.5. The van der Waals surface area contributed by atoms with E-state index in [0.29, 0.717) is 13.2 Å². The molecule has 1 fully saturated rings. The van der Waals surface area contributed by atoms with Gasteiger partial charge in [0.15, 0.2) is 0 Å². The van der Waals surface area contributed by atoms with Crippen LogP contribution in [-0.4, -0.2) is 30.5 Å². The van der Waals surface area contributed by atoms with Crippen LogP contribution in [0.2, 0.25) is 0 Å². The van der Waals surface area contributed by atoms with Crippen molar-refractivity contribution in [3.63, 3.8) is 0 Å². The third kappa shape index (κ3) is 3.02. The summed E-state index contributed by atoms with van der Waals surface area (Å²) in [6, 6.07) is 10.3. The number of aliphatic hydroxyl groups is 1. The quantitative estimate of drug-likeness (QED) is 0.774. The van der Waals surface area contributed by atoms with E-state index in [-0.39, 0.29) is 12.1 Å². The van der Waals surface area contributed by atoms with Crippen LogP contribution in [0.25, 0.3) is 0 Å². The summed E-state index contributed by atoms with van der Waals surface area (Å²) in [5.74, 6) is 0. The van der Waals surface area contributed by atoms with Gasteiger partial charge >= 0.3 is 0 Å². The molecule has 2 rings (SSSR count). The van der Waals surface area contributed by atoms with Crippen molar-refractivity contribution in [2.45, 2.75) is 25.1 Å². The highest BCUT2D eigenvalue weighted by Crippen LogP contribution is 2.08. The van der Waals surface area contributed by atoms with E-state index in [9.17, 15) is 5.11 Å². The third-order valence-electron chi connectivity index (χ3n) is 2.73. The lowest BCUT2D eigenvalue weighted by atomic mass is 10.1. The Bertz CT molecular complexity index is 289. The summed E-state index contributed by atoms with van der Waals surface area (Å²) >= 11 is 0. The predicted molar refractivity (Wildman–Crippen MR) is 58.5 cm³/mol. The standard InChI is InChI=1S/C12H17NO2/c14-12-6-7-15-9-11(12)13-8-10-4-2-1-3-5-10/h1-5,11-14H,6-9H2/t11-,12?/m0/s1. The average Bonchev–Trinajstić information content (AvgIpc) is 2.29. The molecule has 0 radical (unpaired) electrons. The fourth-order valence-electron chi connectivity index (χ4n) is 1.77. The number of hydrogen-bond acceptors (Lipinski definition) is 3. The first-order chi connectivity index (χ1) is 7.36. The van der Waals surface area contributed by atoms with Crippen molar-refractivity contribution in [1.82, 2.24) is 5.32 Å². The first-order valence-electron chi connectivity index (χ1n) is 5.39. The molecule has 2 N–H and O–H groups in total. The number of benzene rings is 1. The van der Waals surface area contributed by atoms with E-state index in [1.54, 1.807) is 0 Å². The molecule has 1 saturated heterocycles. The number of aliphatic hydroxyl groups excluding tert-OH is 1. The Morgan fingerprint density at radius 3 is 2.87 bits per heavy atom. The summed E-state index contributed by atoms with van der Waals surface area (Å²) in [7, 11) is 0. The molecule has 3 heteroatoms. The minimum absolute atomic E-state index is 0.0685. The van der Waals surface area contributed by atoms with Gasteiger partial charge < -0.3 is 15.2 Å². The maximum Gasteiger partial charge on any atom is 0.0737 e. The lowest BCUT2D eigenvalue weighted by molar-refractivity contribution is -0.0159. The molecule has 2 atom stereocenters. The van der Waals surface area contributed by atoms with Gasteiger partial charge in [-0.05, 0) is 12.0 Å². The summed E-state index contributed by atoms with van der Waals surface area (Å²) in [6.45, 7) is 2.06. The van der Waals surface area contributed by atoms with Gasteiger partial charge in [-0.1, -0.05) is 30.3 Å². The summed E-state index contributed by atoms with van der Waals surface area (Å²) in [6.07, 6.45) is 0.453. The fourth-order valence-corrected chi connectivity index (χ4v) is 1.77. The van der Waals surface area contributed by atoms with Crippen LogP contribution < -0.4 is 5.32 Å². The molecule has 0 spiro atoms. The van der Waals surface area contributed by atoms with Gasteiger partial charge in [0.05, 0.1) is 18.8 Å². The van der Waals surface area contributed by atoms with Gasteiger partial charge in [-0.25, -0.2) is 0 Å². The Morgan fingerprint density at radius 2 is 2.13 bits per heavy atom. The number of rotatable bonds is 3. The summed E-state index contributed by atoms with van der Waals surface area (Å²) < 4.78 is 5.32. The zero-order valence-corrected chi connectivity index (χ0v) is 8.73. The molecule has 15 heavy (non-hydrogen) atoms. The van der Waals surface area contributed by atoms with E-state index in [1.807, 2.05) is 18.2 Å². The van der Waals surface area contributed by atoms with E-state index in [0.717, 1.165) is 13.0 Å². The first-order valence-corrected chi connectivity index (χ1v) is 5.39. The predicted octanol–water partition coefficient (Wildman–Crippen LogP) is 0.926. The second-order valence-electron chi connectivity index (χ2n) is 3.90. The smallest absolute Gasteiger partial charge is 0.0737 e. The van der Waals surface area contributed by atoms with Crippen molar-refractivity contribution in [1.29, 1.82) is 0 Å². The van der Waals surface area contributed by atoms with Crippen molar-refractivity contribution in [2.24, 2.45) is 0 Å². The van der Waals surface area contributed by atoms with E-state index >= 15 is 0 Å². The first kappa shape index (κ1) is 10.6. The van der Waals surface area contributed by atoms with Gasteiger partial charge in [-0.3, -0.25) is 0 Å². The number of nitrogens with one attached hydrogen (secondary N) is 1. The van der Waals surface area contributed by atoms with Gasteiger partial charge in [0, 0.05) is 13.2 Å². The summed E-state index contributed by atoms with van der Waals surface area (Å²) in [4.78, 5) is 0. The minimum atomic E-state index is -0.275. The molecule has 0 saturated carbocycles. The van der Waals surface area contributed by atoms with Gasteiger partial charge in [-0.15, -0.1) is 0 Å². The number of ether oxygens (including phenoxy) is 1. The molecule has 82 valence electrons. The maximum absolute atomic E-state index is 9.70. The highest BCUT2D eigenvalue weighted by molar-refractivity contribution is 5.14. The van der Waals surface area contributed by atoms with E-state index < -0.39 is 0 Å². The number of hydrogen-bond donors (Lipinski definition) is 2. The fraction of sp³-hybridized carbons (Fsp3) is 0.500. The van der Waals surface area contributed by atoms with Crippen LogP contribution in [0, 0.1) is 0 Å². The highest BCUT2D eigenvalue weighted by Gasteiger charge is 2.22. The zero-order valence-electron chi connectivity index (χ0n) is 8.73. The highest BCUT2D eigenvalue weighted by atomic mass is 16.5. The monoisotopic (exact) mass is 207 g/mol. The largest absolute Gasteiger partial charge is 0.391 e. The van der Waals surface area contributed by atoms with Crippen LogP contribution in [0.4, 0.5) is 0 Å². The Balaban J connectivity index is 1.82. The Kier molecular flexibility index (Phi) is 3.72. The maximum atomic E-state index is 9.70. The molecule has 1 aromatic rings. The second-order valence-corrected chi connectivity index (χ2v) is 3.90. The van der Waals surface area contributed by atoms with Crippen LogP contribution in [0.15, 0.2) is 30.3 Å². The topological polar surface area (TPSA) is 41.5 Å². The second kappa shape index (κ2) is 5.26. The SMILES string of the molecule is OC1CCOC[C@@H]1NCc1ccccc1. The molecule has 1 aliphatic rings. The Labute approximate surface area is 90.1 Å². The Morgan fingerprint density at radius 1 is 1.33 bits per heavy atom. The normalized spacial score (nSPS) is 26.5. The molecule has 0 aliphatic carbocycles. The summed E-state index contributed by atoms with van der Waals surface area (Å²) in [5, 5.41) is 13.0. The molecule has 0 amide bonds. The van der Waals surface area contributed by atoms with Crippen LogP contribution in [0.1, 0.15) is 12.0 Å². The van der Waals surface area contributed by atoms with Crippen molar-refractivity contribution in [3.8, 4) is 0 Å². The molecule has 0 aromatic heterocycles. The van der Waals surface area contributed by atoms with Crippen molar-refractivity contribution < 1.29 is 9.84 Å². The molecule has 3 nitrogen and oxygen atoms in total. The van der Waals surface area contributed by atoms with E-state index in [1.165, 1.54) is 5.56 Å². The minimum Gasteiger partial charge on any atom is -0.391 e. The summed E-state index contributed by atoms with van der Waals surface area (Å²) in [5.41, 5.74) is 1.23. The van der Waals surface area contributed by atoms with Crippen molar-refractivity contribution in [3.05, 3.63) is 35.9 Å². The molecular formula is C12H17NO2. The van der Waals surface area contributed by atoms with Gasteiger partial charge in [0.2, 0.25) is 0 Å². The molecule has 1 aliphatic heterocycles. The van der Waals surface area contributed by atoms with Gasteiger partial charge in [0.1, 0.15) is 0 Å². The van der Waals surface area contributed by atoms with Crippen molar-refractivity contribution >= 4 is 0 Å². The Hall–Kier alpha value is -0.900. The van der Waals surface area contributed by atoms with Gasteiger partial charge in [0.25, 0.3) is 0 Å². The van der Waals surface area contributed by atoms with Crippen LogP contribution in [0.3, 0.4) is 0 Å². The van der Waals surface area contributed by atoms with Gasteiger partial charge in [-0.2, -0.15) is 0 Å². The lowest BCUT2D eigenvalue weighted by Gasteiger charge is -2.28. The van der Waals surface area contributed by atoms with Crippen molar-refractivity contribution in [2.75, 3.05) is 13.2 Å². The lowest BCUT2D eigenvalue weighted by Crippen LogP contribution is -2.46. The molecule has 1 aromatic carbocycles. The molecule has 1 heterocycles. The molecule has 1 unspecified atom stereocenters. The van der Waals surface area contributed by atoms with E-state index in [4.69, 9.17) is 4.74 Å². The molecule has 0 bridgehead atoms.